The van der Waals surface area contributed by atoms with Crippen molar-refractivity contribution < 1.29 is 19.2 Å². The number of nitro benzene ring substituents is 1. The van der Waals surface area contributed by atoms with Crippen LogP contribution in [0.5, 0.6) is 11.5 Å². The molecule has 0 radical (unpaired) electrons. The molecule has 0 amide bonds. The molecule has 0 fully saturated rings. The Bertz CT molecular complexity index is 669. The highest BCUT2D eigenvalue weighted by Gasteiger charge is 2.15. The molecule has 0 saturated carbocycles. The van der Waals surface area contributed by atoms with Crippen LogP contribution in [0.3, 0.4) is 0 Å². The molecule has 6 nitrogen and oxygen atoms in total. The van der Waals surface area contributed by atoms with Gasteiger partial charge in [-0.15, -0.1) is 0 Å². The van der Waals surface area contributed by atoms with Crippen LogP contribution >= 0.6 is 0 Å². The highest BCUT2D eigenvalue weighted by molar-refractivity contribution is 5.89. The average molecular weight is 287 g/mol. The molecular weight excluding hydrogens is 274 g/mol. The Morgan fingerprint density at radius 1 is 1.19 bits per heavy atom. The number of nitrogens with zero attached hydrogens (tertiary/aromatic N) is 1. The number of nitro groups is 1. The van der Waals surface area contributed by atoms with Crippen LogP contribution in [0.1, 0.15) is 17.3 Å². The molecule has 0 heterocycles. The van der Waals surface area contributed by atoms with Crippen molar-refractivity contribution in [1.29, 1.82) is 0 Å². The van der Waals surface area contributed by atoms with Crippen molar-refractivity contribution >= 4 is 11.7 Å². The summed E-state index contributed by atoms with van der Waals surface area (Å²) in [7, 11) is 0. The Hall–Kier alpha value is -2.89. The van der Waals surface area contributed by atoms with Crippen LogP contribution in [0.25, 0.3) is 0 Å². The first-order chi connectivity index (χ1) is 10.1. The van der Waals surface area contributed by atoms with Gasteiger partial charge in [0.1, 0.15) is 5.75 Å². The molecule has 0 aliphatic rings. The summed E-state index contributed by atoms with van der Waals surface area (Å²) in [5.74, 6) is -0.0242. The second-order valence-electron chi connectivity index (χ2n) is 4.08. The van der Waals surface area contributed by atoms with E-state index in [0.29, 0.717) is 11.3 Å². The van der Waals surface area contributed by atoms with Crippen LogP contribution in [0, 0.1) is 10.1 Å². The second kappa shape index (κ2) is 6.51. The van der Waals surface area contributed by atoms with E-state index >= 15 is 0 Å². The van der Waals surface area contributed by atoms with Crippen molar-refractivity contribution in [3.8, 4) is 11.5 Å². The monoisotopic (exact) mass is 287 g/mol. The Morgan fingerprint density at radius 2 is 1.95 bits per heavy atom. The van der Waals surface area contributed by atoms with E-state index in [1.807, 2.05) is 0 Å². The zero-order valence-corrected chi connectivity index (χ0v) is 11.3. The third kappa shape index (κ3) is 3.56. The van der Waals surface area contributed by atoms with Gasteiger partial charge >= 0.3 is 11.7 Å². The first kappa shape index (κ1) is 14.5. The van der Waals surface area contributed by atoms with E-state index in [-0.39, 0.29) is 18.0 Å². The van der Waals surface area contributed by atoms with Gasteiger partial charge in [0.15, 0.2) is 0 Å². The molecule has 0 N–H and O–H groups in total. The van der Waals surface area contributed by atoms with Crippen LogP contribution in [0.15, 0.2) is 48.5 Å². The third-order valence-electron chi connectivity index (χ3n) is 2.63. The molecule has 2 rings (SSSR count). The van der Waals surface area contributed by atoms with Crippen molar-refractivity contribution in [3.63, 3.8) is 0 Å². The summed E-state index contributed by atoms with van der Waals surface area (Å²) in [5, 5.41) is 10.9. The van der Waals surface area contributed by atoms with Crippen molar-refractivity contribution in [2.75, 3.05) is 6.61 Å². The number of carbonyl (C=O) groups excluding carboxylic acids is 1. The van der Waals surface area contributed by atoms with Gasteiger partial charge in [-0.1, -0.05) is 18.2 Å². The molecule has 108 valence electrons. The SMILES string of the molecule is CCOC(=O)c1cccc(Oc2ccccc2[N+](=O)[O-])c1. The lowest BCUT2D eigenvalue weighted by atomic mass is 10.2. The van der Waals surface area contributed by atoms with Gasteiger partial charge in [0, 0.05) is 6.07 Å². The first-order valence-corrected chi connectivity index (χ1v) is 6.30. The third-order valence-corrected chi connectivity index (χ3v) is 2.63. The average Bonchev–Trinajstić information content (AvgIpc) is 2.48. The minimum Gasteiger partial charge on any atom is -0.462 e. The van der Waals surface area contributed by atoms with Crippen LogP contribution in [-0.4, -0.2) is 17.5 Å². The molecule has 0 aliphatic heterocycles. The van der Waals surface area contributed by atoms with Crippen molar-refractivity contribution in [3.05, 3.63) is 64.2 Å². The summed E-state index contributed by atoms with van der Waals surface area (Å²) < 4.78 is 10.4. The van der Waals surface area contributed by atoms with Crippen molar-refractivity contribution in [2.24, 2.45) is 0 Å². The maximum absolute atomic E-state index is 11.6. The molecule has 0 spiro atoms. The summed E-state index contributed by atoms with van der Waals surface area (Å²) in [6, 6.07) is 12.3. The topological polar surface area (TPSA) is 78.7 Å². The van der Waals surface area contributed by atoms with Crippen LogP contribution in [-0.2, 0) is 4.74 Å². The Morgan fingerprint density at radius 3 is 2.67 bits per heavy atom. The molecule has 21 heavy (non-hydrogen) atoms. The highest BCUT2D eigenvalue weighted by atomic mass is 16.6. The van der Waals surface area contributed by atoms with Gasteiger partial charge in [-0.25, -0.2) is 4.79 Å². The van der Waals surface area contributed by atoms with E-state index in [1.165, 1.54) is 18.2 Å². The molecule has 0 saturated heterocycles. The molecule has 0 aromatic heterocycles. The quantitative estimate of drug-likeness (QED) is 0.477. The van der Waals surface area contributed by atoms with Gasteiger partial charge in [-0.05, 0) is 31.2 Å². The van der Waals surface area contributed by atoms with Crippen LogP contribution in [0.4, 0.5) is 5.69 Å². The van der Waals surface area contributed by atoms with Crippen LogP contribution in [0.2, 0.25) is 0 Å². The number of rotatable bonds is 5. The summed E-state index contributed by atoms with van der Waals surface area (Å²) in [6.07, 6.45) is 0. The summed E-state index contributed by atoms with van der Waals surface area (Å²) in [5.41, 5.74) is 0.187. The zero-order chi connectivity index (χ0) is 15.2. The lowest BCUT2D eigenvalue weighted by molar-refractivity contribution is -0.385. The van der Waals surface area contributed by atoms with Gasteiger partial charge in [0.25, 0.3) is 0 Å². The van der Waals surface area contributed by atoms with Gasteiger partial charge in [0.2, 0.25) is 5.75 Å². The summed E-state index contributed by atoms with van der Waals surface area (Å²) in [4.78, 5) is 22.0. The van der Waals surface area contributed by atoms with E-state index in [1.54, 1.807) is 37.3 Å². The Balaban J connectivity index is 2.26. The first-order valence-electron chi connectivity index (χ1n) is 6.30. The number of esters is 1. The number of carbonyl (C=O) groups is 1. The predicted molar refractivity (Wildman–Crippen MR) is 75.6 cm³/mol. The maximum Gasteiger partial charge on any atom is 0.338 e. The van der Waals surface area contributed by atoms with Gasteiger partial charge in [0.05, 0.1) is 17.1 Å². The molecule has 0 atom stereocenters. The lowest BCUT2D eigenvalue weighted by Gasteiger charge is -2.07. The van der Waals surface area contributed by atoms with E-state index in [2.05, 4.69) is 0 Å². The fraction of sp³-hybridized carbons (Fsp3) is 0.133. The molecule has 2 aromatic carbocycles. The van der Waals surface area contributed by atoms with Gasteiger partial charge in [-0.3, -0.25) is 10.1 Å². The molecular formula is C15H13NO5. The number of ether oxygens (including phenoxy) is 2. The normalized spacial score (nSPS) is 9.95. The molecule has 0 aliphatic carbocycles. The van der Waals surface area contributed by atoms with Gasteiger partial charge < -0.3 is 9.47 Å². The second-order valence-corrected chi connectivity index (χ2v) is 4.08. The number of para-hydroxylation sites is 2. The molecule has 6 heteroatoms. The van der Waals surface area contributed by atoms with Crippen molar-refractivity contribution in [1.82, 2.24) is 0 Å². The molecule has 0 bridgehead atoms. The van der Waals surface area contributed by atoms with E-state index in [9.17, 15) is 14.9 Å². The molecule has 2 aromatic rings. The van der Waals surface area contributed by atoms with Crippen LogP contribution < -0.4 is 4.74 Å². The smallest absolute Gasteiger partial charge is 0.338 e. The largest absolute Gasteiger partial charge is 0.462 e. The van der Waals surface area contributed by atoms with E-state index in [4.69, 9.17) is 9.47 Å². The van der Waals surface area contributed by atoms with E-state index < -0.39 is 10.9 Å². The number of hydrogen-bond donors (Lipinski definition) is 0. The zero-order valence-electron chi connectivity index (χ0n) is 11.3. The lowest BCUT2D eigenvalue weighted by Crippen LogP contribution is -2.04. The summed E-state index contributed by atoms with van der Waals surface area (Å²) in [6.45, 7) is 1.99. The minimum absolute atomic E-state index is 0.114. The summed E-state index contributed by atoms with van der Waals surface area (Å²) >= 11 is 0. The fourth-order valence-corrected chi connectivity index (χ4v) is 1.72. The van der Waals surface area contributed by atoms with Gasteiger partial charge in [-0.2, -0.15) is 0 Å². The standard InChI is InChI=1S/C15H13NO5/c1-2-20-15(17)11-6-5-7-12(10-11)21-14-9-4-3-8-13(14)16(18)19/h3-10H,2H2,1H3. The van der Waals surface area contributed by atoms with Crippen molar-refractivity contribution in [2.45, 2.75) is 6.92 Å². The van der Waals surface area contributed by atoms with E-state index in [0.717, 1.165) is 0 Å². The predicted octanol–water partition coefficient (Wildman–Crippen LogP) is 3.56. The highest BCUT2D eigenvalue weighted by Crippen LogP contribution is 2.31. The Kier molecular flexibility index (Phi) is 4.50. The maximum atomic E-state index is 11.6. The Labute approximate surface area is 121 Å². The molecule has 0 unspecified atom stereocenters. The fourth-order valence-electron chi connectivity index (χ4n) is 1.72. The minimum atomic E-state index is -0.523. The number of benzene rings is 2. The number of hydrogen-bond acceptors (Lipinski definition) is 5.